The van der Waals surface area contributed by atoms with E-state index in [1.165, 1.54) is 18.4 Å². The van der Waals surface area contributed by atoms with Crippen molar-refractivity contribution in [2.75, 3.05) is 19.8 Å². The van der Waals surface area contributed by atoms with Gasteiger partial charge in [-0.05, 0) is 29.7 Å². The average molecular weight is 291 g/mol. The number of nitrogens with one attached hydrogen (secondary N) is 1. The molecule has 0 saturated carbocycles. The van der Waals surface area contributed by atoms with Crippen LogP contribution in [0, 0.1) is 11.3 Å². The molecule has 0 aliphatic carbocycles. The first kappa shape index (κ1) is 14.6. The lowest BCUT2D eigenvalue weighted by Gasteiger charge is -2.11. The zero-order chi connectivity index (χ0) is 14.8. The zero-order valence-corrected chi connectivity index (χ0v) is 12.4. The number of benzene rings is 1. The fourth-order valence-corrected chi connectivity index (χ4v) is 2.90. The summed E-state index contributed by atoms with van der Waals surface area (Å²) in [7, 11) is -0.109. The molecule has 5 nitrogen and oxygen atoms in total. The highest BCUT2D eigenvalue weighted by atomic mass is 32.2. The average Bonchev–Trinajstić information content (AvgIpc) is 2.80. The number of aryl methyl sites for hydroxylation is 1. The van der Waals surface area contributed by atoms with Crippen molar-refractivity contribution < 1.29 is 8.42 Å². The first-order valence-electron chi connectivity index (χ1n) is 6.30. The number of nitriles is 1. The van der Waals surface area contributed by atoms with E-state index in [-0.39, 0.29) is 5.75 Å². The van der Waals surface area contributed by atoms with Gasteiger partial charge in [-0.25, -0.2) is 12.7 Å². The lowest BCUT2D eigenvalue weighted by molar-refractivity contribution is 0.520. The molecule has 6 heteroatoms. The van der Waals surface area contributed by atoms with Crippen molar-refractivity contribution in [1.82, 2.24) is 9.29 Å². The van der Waals surface area contributed by atoms with E-state index in [0.717, 1.165) is 22.0 Å². The van der Waals surface area contributed by atoms with Crippen LogP contribution in [0.2, 0.25) is 0 Å². The van der Waals surface area contributed by atoms with Gasteiger partial charge in [0.25, 0.3) is 0 Å². The van der Waals surface area contributed by atoms with E-state index in [1.54, 1.807) is 0 Å². The molecule has 0 bridgehead atoms. The van der Waals surface area contributed by atoms with Gasteiger partial charge in [-0.15, -0.1) is 0 Å². The Morgan fingerprint density at radius 1 is 1.35 bits per heavy atom. The number of H-pyrrole nitrogens is 1. The van der Waals surface area contributed by atoms with Gasteiger partial charge in [0.2, 0.25) is 10.0 Å². The Kier molecular flexibility index (Phi) is 4.12. The van der Waals surface area contributed by atoms with Gasteiger partial charge in [0.05, 0.1) is 18.2 Å². The number of hydrogen-bond acceptors (Lipinski definition) is 3. The third-order valence-electron chi connectivity index (χ3n) is 3.31. The highest BCUT2D eigenvalue weighted by Gasteiger charge is 2.13. The second kappa shape index (κ2) is 5.65. The van der Waals surface area contributed by atoms with E-state index in [0.29, 0.717) is 12.8 Å². The minimum Gasteiger partial charge on any atom is -0.361 e. The van der Waals surface area contributed by atoms with E-state index >= 15 is 0 Å². The predicted octanol–water partition coefficient (Wildman–Crippen LogP) is 1.67. The molecule has 0 aliphatic heterocycles. The number of sulfonamides is 1. The zero-order valence-electron chi connectivity index (χ0n) is 11.5. The van der Waals surface area contributed by atoms with Crippen LogP contribution < -0.4 is 0 Å². The second-order valence-corrected chi connectivity index (χ2v) is 7.18. The van der Waals surface area contributed by atoms with Crippen molar-refractivity contribution in [3.63, 3.8) is 0 Å². The van der Waals surface area contributed by atoms with Gasteiger partial charge in [-0.2, -0.15) is 5.26 Å². The Labute approximate surface area is 118 Å². The fourth-order valence-electron chi connectivity index (χ4n) is 2.04. The summed E-state index contributed by atoms with van der Waals surface area (Å²) in [6.45, 7) is 0. The molecular weight excluding hydrogens is 274 g/mol. The van der Waals surface area contributed by atoms with Gasteiger partial charge in [-0.3, -0.25) is 0 Å². The second-order valence-electron chi connectivity index (χ2n) is 4.88. The Morgan fingerprint density at radius 3 is 2.75 bits per heavy atom. The minimum absolute atomic E-state index is 0.0868. The van der Waals surface area contributed by atoms with E-state index in [4.69, 9.17) is 5.26 Å². The molecule has 0 aliphatic rings. The molecule has 1 N–H and O–H groups in total. The molecule has 0 spiro atoms. The molecule has 0 radical (unpaired) electrons. The molecule has 20 heavy (non-hydrogen) atoms. The maximum Gasteiger partial charge on any atom is 0.213 e. The van der Waals surface area contributed by atoms with Crippen molar-refractivity contribution >= 4 is 20.9 Å². The van der Waals surface area contributed by atoms with Crippen molar-refractivity contribution in [3.05, 3.63) is 35.5 Å². The molecule has 0 amide bonds. The number of aromatic nitrogens is 1. The number of fused-ring (bicyclic) bond motifs is 1. The molecular formula is C14H17N3O2S. The van der Waals surface area contributed by atoms with Gasteiger partial charge in [-0.1, -0.05) is 6.07 Å². The number of rotatable bonds is 5. The summed E-state index contributed by atoms with van der Waals surface area (Å²) >= 11 is 0. The highest BCUT2D eigenvalue weighted by Crippen LogP contribution is 2.20. The van der Waals surface area contributed by atoms with Gasteiger partial charge in [0.15, 0.2) is 0 Å². The molecule has 0 fully saturated rings. The SMILES string of the molecule is CN(C)S(=O)(=O)CCc1ccc2[nH]cc(CC#N)c2c1. The number of aromatic amines is 1. The normalized spacial score (nSPS) is 11.9. The fraction of sp³-hybridized carbons (Fsp3) is 0.357. The van der Waals surface area contributed by atoms with Crippen LogP contribution in [0.5, 0.6) is 0 Å². The standard InChI is InChI=1S/C14H17N3O2S/c1-17(2)20(18,19)8-6-11-3-4-14-13(9-11)12(5-7-15)10-16-14/h3-4,9-10,16H,5-6,8H2,1-2H3. The van der Waals surface area contributed by atoms with E-state index in [9.17, 15) is 8.42 Å². The third kappa shape index (κ3) is 3.00. The predicted molar refractivity (Wildman–Crippen MR) is 78.8 cm³/mol. The smallest absolute Gasteiger partial charge is 0.213 e. The van der Waals surface area contributed by atoms with Crippen LogP contribution in [-0.4, -0.2) is 37.6 Å². The summed E-state index contributed by atoms with van der Waals surface area (Å²) in [4.78, 5) is 3.11. The van der Waals surface area contributed by atoms with Gasteiger partial charge in [0.1, 0.15) is 0 Å². The summed E-state index contributed by atoms with van der Waals surface area (Å²) in [6, 6.07) is 7.93. The van der Waals surface area contributed by atoms with Crippen LogP contribution in [-0.2, 0) is 22.9 Å². The monoisotopic (exact) mass is 291 g/mol. The summed E-state index contributed by atoms with van der Waals surface area (Å²) in [5.41, 5.74) is 2.87. The maximum atomic E-state index is 11.8. The van der Waals surface area contributed by atoms with Crippen molar-refractivity contribution in [3.8, 4) is 6.07 Å². The summed E-state index contributed by atoms with van der Waals surface area (Å²) in [5.74, 6) is 0.0868. The lowest BCUT2D eigenvalue weighted by Crippen LogP contribution is -2.25. The molecule has 0 unspecified atom stereocenters. The quantitative estimate of drug-likeness (QED) is 0.910. The van der Waals surface area contributed by atoms with E-state index in [2.05, 4.69) is 11.1 Å². The van der Waals surface area contributed by atoms with Crippen LogP contribution in [0.15, 0.2) is 24.4 Å². The summed E-state index contributed by atoms with van der Waals surface area (Å²) in [5, 5.41) is 9.78. The highest BCUT2D eigenvalue weighted by molar-refractivity contribution is 7.89. The molecule has 0 saturated heterocycles. The van der Waals surface area contributed by atoms with Crippen molar-refractivity contribution in [2.24, 2.45) is 0 Å². The Balaban J connectivity index is 2.24. The Bertz CT molecular complexity index is 754. The van der Waals surface area contributed by atoms with Crippen LogP contribution in [0.25, 0.3) is 10.9 Å². The van der Waals surface area contributed by atoms with Crippen molar-refractivity contribution in [2.45, 2.75) is 12.8 Å². The largest absolute Gasteiger partial charge is 0.361 e. The number of hydrogen-bond donors (Lipinski definition) is 1. The topological polar surface area (TPSA) is 77.0 Å². The van der Waals surface area contributed by atoms with Crippen LogP contribution in [0.3, 0.4) is 0 Å². The van der Waals surface area contributed by atoms with Gasteiger partial charge >= 0.3 is 0 Å². The van der Waals surface area contributed by atoms with E-state index in [1.807, 2.05) is 24.4 Å². The Hall–Kier alpha value is -1.84. The molecule has 0 atom stereocenters. The number of nitrogens with zero attached hydrogens (tertiary/aromatic N) is 2. The van der Waals surface area contributed by atoms with Gasteiger partial charge in [0, 0.05) is 31.2 Å². The molecule has 2 aromatic rings. The molecule has 106 valence electrons. The third-order valence-corrected chi connectivity index (χ3v) is 5.14. The molecule has 2 rings (SSSR count). The van der Waals surface area contributed by atoms with Crippen molar-refractivity contribution in [1.29, 1.82) is 5.26 Å². The lowest BCUT2D eigenvalue weighted by atomic mass is 10.1. The van der Waals surface area contributed by atoms with Crippen LogP contribution >= 0.6 is 0 Å². The molecule has 1 aromatic carbocycles. The van der Waals surface area contributed by atoms with Gasteiger partial charge < -0.3 is 4.98 Å². The van der Waals surface area contributed by atoms with Crippen LogP contribution in [0.4, 0.5) is 0 Å². The summed E-state index contributed by atoms with van der Waals surface area (Å²) < 4.78 is 24.8. The first-order chi connectivity index (χ1) is 9.44. The summed E-state index contributed by atoms with van der Waals surface area (Å²) in [6.07, 6.45) is 2.64. The van der Waals surface area contributed by atoms with Crippen LogP contribution in [0.1, 0.15) is 11.1 Å². The maximum absolute atomic E-state index is 11.8. The minimum atomic E-state index is -3.18. The van der Waals surface area contributed by atoms with E-state index < -0.39 is 10.0 Å². The first-order valence-corrected chi connectivity index (χ1v) is 7.91. The Morgan fingerprint density at radius 2 is 2.10 bits per heavy atom. The molecule has 1 aromatic heterocycles. The molecule has 1 heterocycles.